The maximum absolute atomic E-state index is 13.5. The molecule has 0 aliphatic carbocycles. The summed E-state index contributed by atoms with van der Waals surface area (Å²) in [6.07, 6.45) is 0.716. The van der Waals surface area contributed by atoms with E-state index >= 15 is 0 Å². The Labute approximate surface area is 260 Å². The number of Topliss-reactive ketones (excluding diaryl/α,β-unsaturated/α-hetero) is 1. The molecule has 0 radical (unpaired) electrons. The number of nitrogens with zero attached hydrogens (tertiary/aromatic N) is 2. The van der Waals surface area contributed by atoms with E-state index in [1.54, 1.807) is 9.96 Å². The Morgan fingerprint density at radius 2 is 1.59 bits per heavy atom. The highest BCUT2D eigenvalue weighted by molar-refractivity contribution is 5.91. The Balaban J connectivity index is 1.20. The van der Waals surface area contributed by atoms with E-state index in [-0.39, 0.29) is 29.6 Å². The monoisotopic (exact) mass is 597 g/mol. The van der Waals surface area contributed by atoms with E-state index in [0.717, 1.165) is 35.1 Å². The lowest BCUT2D eigenvalue weighted by atomic mass is 9.93. The lowest BCUT2D eigenvalue weighted by molar-refractivity contribution is -0.137. The van der Waals surface area contributed by atoms with Crippen LogP contribution in [0.3, 0.4) is 0 Å². The highest BCUT2D eigenvalue weighted by atomic mass is 16.8. The molecule has 2 aliphatic rings. The van der Waals surface area contributed by atoms with Crippen LogP contribution in [0.5, 0.6) is 0 Å². The average Bonchev–Trinajstić information content (AvgIpc) is 3.77. The van der Waals surface area contributed by atoms with Crippen molar-refractivity contribution in [1.29, 1.82) is 0 Å². The first kappa shape index (κ1) is 31.4. The summed E-state index contributed by atoms with van der Waals surface area (Å²) in [7, 11) is 0. The SMILES string of the molecule is CCCC[C@H](NC(=O)OC1CC(C)(C)CN1C(=O)Cc1ccc(-c2ccccc2)cc1)C(=O)C1ON1[C@H](C)c1ccccc1. The van der Waals surface area contributed by atoms with Crippen LogP contribution in [0.4, 0.5) is 4.79 Å². The van der Waals surface area contributed by atoms with Crippen LogP contribution in [0.15, 0.2) is 84.9 Å². The molecule has 0 saturated carbocycles. The van der Waals surface area contributed by atoms with Crippen LogP contribution in [-0.4, -0.2) is 52.8 Å². The maximum atomic E-state index is 13.5. The third-order valence-corrected chi connectivity index (χ3v) is 8.45. The zero-order chi connectivity index (χ0) is 31.3. The molecular weight excluding hydrogens is 554 g/mol. The van der Waals surface area contributed by atoms with E-state index in [9.17, 15) is 14.4 Å². The summed E-state index contributed by atoms with van der Waals surface area (Å²) in [5, 5.41) is 4.46. The molecule has 2 aliphatic heterocycles. The summed E-state index contributed by atoms with van der Waals surface area (Å²) in [6.45, 7) is 8.62. The molecule has 8 nitrogen and oxygen atoms in total. The van der Waals surface area contributed by atoms with Crippen molar-refractivity contribution < 1.29 is 24.0 Å². The number of benzene rings is 3. The summed E-state index contributed by atoms with van der Waals surface area (Å²) < 4.78 is 5.85. The predicted octanol–water partition coefficient (Wildman–Crippen LogP) is 6.67. The summed E-state index contributed by atoms with van der Waals surface area (Å²) in [5.41, 5.74) is 3.93. The van der Waals surface area contributed by atoms with Crippen molar-refractivity contribution in [1.82, 2.24) is 15.3 Å². The number of ketones is 1. The molecule has 5 atom stereocenters. The molecule has 3 unspecified atom stereocenters. The van der Waals surface area contributed by atoms with Crippen molar-refractivity contribution in [3.05, 3.63) is 96.1 Å². The number of ether oxygens (including phenoxy) is 1. The summed E-state index contributed by atoms with van der Waals surface area (Å²) in [4.78, 5) is 47.4. The zero-order valence-electron chi connectivity index (χ0n) is 26.1. The van der Waals surface area contributed by atoms with Gasteiger partial charge in [-0.2, -0.15) is 0 Å². The first-order valence-corrected chi connectivity index (χ1v) is 15.6. The van der Waals surface area contributed by atoms with E-state index in [1.807, 2.05) is 86.6 Å². The number of rotatable bonds is 12. The topological polar surface area (TPSA) is 91.3 Å². The van der Waals surface area contributed by atoms with Gasteiger partial charge in [-0.3, -0.25) is 14.4 Å². The fraction of sp³-hybridized carbons (Fsp3) is 0.417. The van der Waals surface area contributed by atoms with Crippen LogP contribution >= 0.6 is 0 Å². The van der Waals surface area contributed by atoms with Crippen LogP contribution in [0.2, 0.25) is 0 Å². The molecule has 1 N–H and O–H groups in total. The van der Waals surface area contributed by atoms with Crippen LogP contribution < -0.4 is 5.32 Å². The number of hydroxylamine groups is 2. The maximum Gasteiger partial charge on any atom is 0.409 e. The van der Waals surface area contributed by atoms with Gasteiger partial charge < -0.3 is 15.0 Å². The highest BCUT2D eigenvalue weighted by Gasteiger charge is 2.49. The molecular formula is C36H43N3O5. The van der Waals surface area contributed by atoms with Gasteiger partial charge in [0.25, 0.3) is 0 Å². The predicted molar refractivity (Wildman–Crippen MR) is 169 cm³/mol. The minimum Gasteiger partial charge on any atom is -0.425 e. The number of carbonyl (C=O) groups excluding carboxylic acids is 3. The van der Waals surface area contributed by atoms with Gasteiger partial charge in [-0.25, -0.2) is 4.79 Å². The van der Waals surface area contributed by atoms with Gasteiger partial charge in [0.1, 0.15) is 0 Å². The summed E-state index contributed by atoms with van der Waals surface area (Å²) in [6, 6.07) is 27.1. The average molecular weight is 598 g/mol. The lowest BCUT2D eigenvalue weighted by Crippen LogP contribution is -2.47. The highest BCUT2D eigenvalue weighted by Crippen LogP contribution is 2.36. The zero-order valence-corrected chi connectivity index (χ0v) is 26.1. The number of nitrogens with one attached hydrogen (secondary N) is 1. The summed E-state index contributed by atoms with van der Waals surface area (Å²) >= 11 is 0. The molecule has 2 fully saturated rings. The minimum atomic E-state index is -0.748. The van der Waals surface area contributed by atoms with Gasteiger partial charge in [-0.05, 0) is 41.0 Å². The molecule has 0 bridgehead atoms. The van der Waals surface area contributed by atoms with Crippen molar-refractivity contribution in [2.45, 2.75) is 84.3 Å². The number of hydrogen-bond donors (Lipinski definition) is 1. The Bertz CT molecular complexity index is 1430. The van der Waals surface area contributed by atoms with Gasteiger partial charge in [0.15, 0.2) is 6.23 Å². The smallest absolute Gasteiger partial charge is 0.409 e. The number of carbonyl (C=O) groups is 3. The number of likely N-dealkylation sites (tertiary alicyclic amines) is 1. The van der Waals surface area contributed by atoms with Crippen LogP contribution in [-0.2, 0) is 25.6 Å². The number of amides is 2. The Kier molecular flexibility index (Phi) is 9.81. The van der Waals surface area contributed by atoms with E-state index < -0.39 is 24.6 Å². The van der Waals surface area contributed by atoms with Crippen LogP contribution in [0.1, 0.15) is 70.5 Å². The van der Waals surface area contributed by atoms with E-state index in [2.05, 4.69) is 31.3 Å². The first-order valence-electron chi connectivity index (χ1n) is 15.6. The standard InChI is InChI=1S/C36H43N3O5/c1-5-6-17-30(33(41)34-39(44-34)25(2)27-13-9-7-10-14-27)37-35(42)43-32-23-36(3,4)24-38(32)31(40)22-26-18-20-29(21-19-26)28-15-11-8-12-16-28/h7-16,18-21,25,30,32,34H,5-6,17,22-24H2,1-4H3,(H,37,42)/t25-,30+,32?,34?,39?/m1/s1. The molecule has 2 saturated heterocycles. The molecule has 2 heterocycles. The number of unbranched alkanes of at least 4 members (excludes halogenated alkanes) is 1. The molecule has 8 heteroatoms. The van der Waals surface area contributed by atoms with Gasteiger partial charge in [0.05, 0.1) is 18.5 Å². The first-order chi connectivity index (χ1) is 21.1. The van der Waals surface area contributed by atoms with Gasteiger partial charge >= 0.3 is 6.09 Å². The second-order valence-corrected chi connectivity index (χ2v) is 12.6. The van der Waals surface area contributed by atoms with E-state index in [1.165, 1.54) is 0 Å². The second kappa shape index (κ2) is 13.7. The van der Waals surface area contributed by atoms with Crippen molar-refractivity contribution in [3.8, 4) is 11.1 Å². The quantitative estimate of drug-likeness (QED) is 0.235. The van der Waals surface area contributed by atoms with Crippen LogP contribution in [0.25, 0.3) is 11.1 Å². The van der Waals surface area contributed by atoms with Crippen LogP contribution in [0, 0.1) is 5.41 Å². The number of alkyl carbamates (subject to hydrolysis) is 1. The summed E-state index contributed by atoms with van der Waals surface area (Å²) in [5.74, 6) is -0.298. The molecule has 0 aromatic heterocycles. The number of hydrogen-bond acceptors (Lipinski definition) is 6. The van der Waals surface area contributed by atoms with Gasteiger partial charge in [-0.15, -0.1) is 5.06 Å². The molecule has 2 amide bonds. The van der Waals surface area contributed by atoms with Crippen molar-refractivity contribution >= 4 is 17.8 Å². The van der Waals surface area contributed by atoms with Gasteiger partial charge in [-0.1, -0.05) is 119 Å². The van der Waals surface area contributed by atoms with Crippen molar-refractivity contribution in [2.24, 2.45) is 5.41 Å². The third-order valence-electron chi connectivity index (χ3n) is 8.45. The second-order valence-electron chi connectivity index (χ2n) is 12.6. The Morgan fingerprint density at radius 3 is 2.25 bits per heavy atom. The van der Waals surface area contributed by atoms with E-state index in [4.69, 9.17) is 9.57 Å². The van der Waals surface area contributed by atoms with Crippen molar-refractivity contribution in [3.63, 3.8) is 0 Å². The van der Waals surface area contributed by atoms with Gasteiger partial charge in [0.2, 0.25) is 17.9 Å². The Hall–Kier alpha value is -4.01. The lowest BCUT2D eigenvalue weighted by Gasteiger charge is -2.26. The van der Waals surface area contributed by atoms with E-state index in [0.29, 0.717) is 19.4 Å². The molecule has 5 rings (SSSR count). The molecule has 44 heavy (non-hydrogen) atoms. The van der Waals surface area contributed by atoms with Gasteiger partial charge in [0, 0.05) is 13.0 Å². The Morgan fingerprint density at radius 1 is 0.955 bits per heavy atom. The van der Waals surface area contributed by atoms with Crippen molar-refractivity contribution in [2.75, 3.05) is 6.54 Å². The molecule has 3 aromatic carbocycles. The fourth-order valence-electron chi connectivity index (χ4n) is 5.89. The molecule has 3 aromatic rings. The molecule has 0 spiro atoms. The normalized spacial score (nSPS) is 21.7. The molecule has 232 valence electrons. The fourth-order valence-corrected chi connectivity index (χ4v) is 5.89. The third kappa shape index (κ3) is 7.73. The largest absolute Gasteiger partial charge is 0.425 e. The minimum absolute atomic E-state index is 0.0984.